The van der Waals surface area contributed by atoms with Crippen LogP contribution in [-0.2, 0) is 4.79 Å². The molecule has 0 radical (unpaired) electrons. The Kier molecular flexibility index (Phi) is 5.54. The number of carbonyl (C=O) groups excluding carboxylic acids is 1. The first kappa shape index (κ1) is 12.2. The van der Waals surface area contributed by atoms with Crippen molar-refractivity contribution in [3.8, 4) is 0 Å². The van der Waals surface area contributed by atoms with Gasteiger partial charge in [0.05, 0.1) is 0 Å². The Labute approximate surface area is 94.2 Å². The van der Waals surface area contributed by atoms with Crippen LogP contribution in [0.15, 0.2) is 0 Å². The summed E-state index contributed by atoms with van der Waals surface area (Å²) in [6.45, 7) is 0. The predicted molar refractivity (Wildman–Crippen MR) is 54.4 cm³/mol. The van der Waals surface area contributed by atoms with Gasteiger partial charge in [0.15, 0.2) is 8.37 Å². The number of hydrogen-bond acceptors (Lipinski definition) is 2. The number of amides is 1. The van der Waals surface area contributed by atoms with E-state index in [9.17, 15) is 4.79 Å². The molecule has 0 aromatic heterocycles. The minimum Gasteiger partial charge on any atom is -0.370 e. The summed E-state index contributed by atoms with van der Waals surface area (Å²) >= 11 is 14.3. The van der Waals surface area contributed by atoms with Crippen molar-refractivity contribution in [1.82, 2.24) is 5.32 Å². The van der Waals surface area contributed by atoms with Crippen LogP contribution in [0, 0.1) is 0 Å². The molecule has 0 spiro atoms. The van der Waals surface area contributed by atoms with Crippen molar-refractivity contribution >= 4 is 65.3 Å². The fraction of sp³-hybridized carbons (Fsp3) is 0.750. The molecule has 0 aromatic rings. The van der Waals surface area contributed by atoms with Crippen LogP contribution in [0.1, 0.15) is 0 Å². The number of aliphatic hydroxyl groups is 1. The first-order valence-electron chi connectivity index (χ1n) is 2.48. The van der Waals surface area contributed by atoms with Crippen molar-refractivity contribution in [1.29, 1.82) is 0 Å². The fourth-order valence-electron chi connectivity index (χ4n) is 0.273. The van der Waals surface area contributed by atoms with Gasteiger partial charge >= 0.3 is 0 Å². The number of halogens is 4. The Morgan fingerprint density at radius 3 is 2.36 bits per heavy atom. The number of carbonyl (C=O) groups is 1. The lowest BCUT2D eigenvalue weighted by Crippen LogP contribution is -2.43. The number of alkyl halides is 4. The minimum atomic E-state index is -1.09. The normalized spacial score (nSPS) is 14.3. The highest BCUT2D eigenvalue weighted by atomic mass is 80.0. The molecule has 0 unspecified atom stereocenters. The highest BCUT2D eigenvalue weighted by Crippen LogP contribution is 2.35. The second-order valence-electron chi connectivity index (χ2n) is 1.65. The Hall–Kier alpha value is 1.16. The van der Waals surface area contributed by atoms with Crippen molar-refractivity contribution in [3.63, 3.8) is 0 Å². The van der Waals surface area contributed by atoms with Crippen LogP contribution < -0.4 is 5.32 Å². The molecule has 7 heteroatoms. The Morgan fingerprint density at radius 1 is 1.64 bits per heavy atom. The molecule has 66 valence electrons. The highest BCUT2D eigenvalue weighted by molar-refractivity contribution is 9.39. The largest absolute Gasteiger partial charge is 0.370 e. The van der Waals surface area contributed by atoms with Crippen molar-refractivity contribution in [2.45, 2.75) is 8.37 Å². The molecule has 11 heavy (non-hydrogen) atoms. The second-order valence-corrected chi connectivity index (χ2v) is 8.86. The number of nitrogens with one attached hydrogen (secondary N) is 1. The van der Waals surface area contributed by atoms with Gasteiger partial charge in [-0.2, -0.15) is 0 Å². The van der Waals surface area contributed by atoms with Gasteiger partial charge in [-0.1, -0.05) is 47.8 Å². The van der Waals surface area contributed by atoms with Crippen LogP contribution in [0.4, 0.5) is 0 Å². The summed E-state index contributed by atoms with van der Waals surface area (Å²) in [6, 6.07) is 0. The van der Waals surface area contributed by atoms with E-state index in [4.69, 9.17) is 16.7 Å². The summed E-state index contributed by atoms with van der Waals surface area (Å²) in [5.41, 5.74) is 0. The van der Waals surface area contributed by atoms with Crippen LogP contribution in [0.2, 0.25) is 0 Å². The van der Waals surface area contributed by atoms with E-state index in [-0.39, 0.29) is 5.88 Å². The first-order valence-corrected chi connectivity index (χ1v) is 5.39. The summed E-state index contributed by atoms with van der Waals surface area (Å²) in [5.74, 6) is -0.623. The van der Waals surface area contributed by atoms with E-state index in [0.29, 0.717) is 0 Å². The summed E-state index contributed by atoms with van der Waals surface area (Å²) in [5, 5.41) is 11.4. The predicted octanol–water partition coefficient (Wildman–Crippen LogP) is 1.50. The zero-order valence-corrected chi connectivity index (χ0v) is 10.7. The van der Waals surface area contributed by atoms with E-state index in [1.54, 1.807) is 0 Å². The maximum absolute atomic E-state index is 10.6. The van der Waals surface area contributed by atoms with E-state index in [2.05, 4.69) is 53.1 Å². The van der Waals surface area contributed by atoms with Gasteiger partial charge in [-0.15, -0.1) is 11.6 Å². The molecule has 0 saturated carbocycles. The molecule has 0 bridgehead atoms. The molecule has 3 nitrogen and oxygen atoms in total. The van der Waals surface area contributed by atoms with Crippen LogP contribution >= 0.6 is 59.4 Å². The maximum Gasteiger partial charge on any atom is 0.236 e. The molecule has 0 aliphatic carbocycles. The minimum absolute atomic E-state index is 0.180. The Morgan fingerprint density at radius 2 is 2.09 bits per heavy atom. The molecule has 0 heterocycles. The van der Waals surface area contributed by atoms with Crippen molar-refractivity contribution in [2.75, 3.05) is 5.88 Å². The molecule has 1 amide bonds. The fourth-order valence-corrected chi connectivity index (χ4v) is 0.693. The van der Waals surface area contributed by atoms with E-state index < -0.39 is 14.3 Å². The van der Waals surface area contributed by atoms with E-state index in [1.807, 2.05) is 0 Å². The van der Waals surface area contributed by atoms with Crippen molar-refractivity contribution < 1.29 is 9.90 Å². The van der Waals surface area contributed by atoms with Gasteiger partial charge in [-0.25, -0.2) is 0 Å². The van der Waals surface area contributed by atoms with Gasteiger partial charge in [0.25, 0.3) is 0 Å². The molecule has 2 N–H and O–H groups in total. The Bertz CT molecular complexity index is 149. The van der Waals surface area contributed by atoms with Crippen LogP contribution in [0.25, 0.3) is 0 Å². The van der Waals surface area contributed by atoms with E-state index in [0.717, 1.165) is 0 Å². The molecular formula is C4H5Br3ClNO2. The zero-order valence-electron chi connectivity index (χ0n) is 5.15. The van der Waals surface area contributed by atoms with Gasteiger partial charge in [-0.3, -0.25) is 4.79 Å². The number of hydrogen-bond donors (Lipinski definition) is 2. The molecule has 0 aromatic carbocycles. The summed E-state index contributed by atoms with van der Waals surface area (Å²) in [6.07, 6.45) is -1.09. The summed E-state index contributed by atoms with van der Waals surface area (Å²) in [4.78, 5) is 10.6. The lowest BCUT2D eigenvalue weighted by molar-refractivity contribution is -0.121. The monoisotopic (exact) mass is 371 g/mol. The second kappa shape index (κ2) is 5.01. The zero-order chi connectivity index (χ0) is 9.07. The number of aliphatic hydroxyl groups excluding tert-OH is 1. The lowest BCUT2D eigenvalue weighted by atomic mass is 10.6. The van der Waals surface area contributed by atoms with Gasteiger partial charge in [0.1, 0.15) is 5.88 Å². The molecule has 1 atom stereocenters. The maximum atomic E-state index is 10.6. The van der Waals surface area contributed by atoms with E-state index in [1.165, 1.54) is 0 Å². The molecule has 0 fully saturated rings. The first-order chi connectivity index (χ1) is 4.88. The average Bonchev–Trinajstić information content (AvgIpc) is 1.85. The third-order valence-corrected chi connectivity index (χ3v) is 2.27. The van der Waals surface area contributed by atoms with Crippen molar-refractivity contribution in [2.24, 2.45) is 0 Å². The SMILES string of the molecule is O=C(CCl)N[C@@H](O)C(Br)(Br)Br. The molecular weight excluding hydrogens is 369 g/mol. The highest BCUT2D eigenvalue weighted by Gasteiger charge is 2.29. The van der Waals surface area contributed by atoms with Gasteiger partial charge in [0, 0.05) is 0 Å². The van der Waals surface area contributed by atoms with Crippen LogP contribution in [0.3, 0.4) is 0 Å². The molecule has 0 aliphatic rings. The number of rotatable bonds is 2. The van der Waals surface area contributed by atoms with Gasteiger partial charge < -0.3 is 10.4 Å². The van der Waals surface area contributed by atoms with Gasteiger partial charge in [0.2, 0.25) is 5.91 Å². The quantitative estimate of drug-likeness (QED) is 0.569. The molecule has 0 aliphatic heterocycles. The topological polar surface area (TPSA) is 49.3 Å². The van der Waals surface area contributed by atoms with Crippen LogP contribution in [0.5, 0.6) is 0 Å². The van der Waals surface area contributed by atoms with E-state index >= 15 is 0 Å². The third kappa shape index (κ3) is 5.41. The van der Waals surface area contributed by atoms with Crippen molar-refractivity contribution in [3.05, 3.63) is 0 Å². The third-order valence-electron chi connectivity index (χ3n) is 0.729. The smallest absolute Gasteiger partial charge is 0.236 e. The summed E-state index contributed by atoms with van der Waals surface area (Å²) < 4.78 is -0.908. The molecule has 0 rings (SSSR count). The Balaban J connectivity index is 3.87. The standard InChI is InChI=1S/C4H5Br3ClNO2/c5-4(6,7)3(11)9-2(10)1-8/h3,11H,1H2,(H,9,10)/t3-/m0/s1. The average molecular weight is 374 g/mol. The summed E-state index contributed by atoms with van der Waals surface area (Å²) in [7, 11) is 0. The lowest BCUT2D eigenvalue weighted by Gasteiger charge is -2.20. The van der Waals surface area contributed by atoms with Gasteiger partial charge in [-0.05, 0) is 0 Å². The molecule has 0 saturated heterocycles. The van der Waals surface area contributed by atoms with Crippen LogP contribution in [-0.4, -0.2) is 25.3 Å².